The van der Waals surface area contributed by atoms with E-state index in [9.17, 15) is 14.3 Å². The number of phenols is 1. The monoisotopic (exact) mass is 403 g/mol. The highest BCUT2D eigenvalue weighted by molar-refractivity contribution is 6.45. The number of halogens is 4. The van der Waals surface area contributed by atoms with Gasteiger partial charge in [-0.1, -0.05) is 46.9 Å². The molecule has 0 saturated carbocycles. The summed E-state index contributed by atoms with van der Waals surface area (Å²) in [6, 6.07) is 7.15. The standard InChI is InChI=1S/C17H13Cl3FNO3/c18-11-7-12(19)16(23)14(15(11)20)17(24)22-5-6-25-13(8-22)9-1-3-10(21)4-2-9/h1-4,7,13,23H,5-6,8H2. The number of morpholine rings is 1. The number of hydrogen-bond donors (Lipinski definition) is 1. The molecule has 1 N–H and O–H groups in total. The highest BCUT2D eigenvalue weighted by Gasteiger charge is 2.30. The Morgan fingerprint density at radius 3 is 2.56 bits per heavy atom. The molecule has 25 heavy (non-hydrogen) atoms. The molecule has 0 bridgehead atoms. The molecular weight excluding hydrogens is 392 g/mol. The Hall–Kier alpha value is -1.53. The zero-order valence-electron chi connectivity index (χ0n) is 12.8. The maximum Gasteiger partial charge on any atom is 0.259 e. The highest BCUT2D eigenvalue weighted by atomic mass is 35.5. The predicted octanol–water partition coefficient (Wildman–Crippen LogP) is 4.71. The van der Waals surface area contributed by atoms with Crippen molar-refractivity contribution >= 4 is 40.7 Å². The van der Waals surface area contributed by atoms with Crippen LogP contribution in [0.5, 0.6) is 5.75 Å². The van der Waals surface area contributed by atoms with E-state index in [0.717, 1.165) is 5.56 Å². The molecule has 1 aliphatic rings. The summed E-state index contributed by atoms with van der Waals surface area (Å²) in [5.74, 6) is -1.26. The summed E-state index contributed by atoms with van der Waals surface area (Å²) in [5, 5.41) is 10.1. The highest BCUT2D eigenvalue weighted by Crippen LogP contribution is 2.39. The molecule has 0 spiro atoms. The van der Waals surface area contributed by atoms with Gasteiger partial charge in [0.25, 0.3) is 5.91 Å². The normalized spacial score (nSPS) is 17.6. The summed E-state index contributed by atoms with van der Waals surface area (Å²) < 4.78 is 18.7. The lowest BCUT2D eigenvalue weighted by Crippen LogP contribution is -2.42. The van der Waals surface area contributed by atoms with Crippen LogP contribution in [0.4, 0.5) is 4.39 Å². The fraction of sp³-hybridized carbons (Fsp3) is 0.235. The van der Waals surface area contributed by atoms with Gasteiger partial charge in [0.15, 0.2) is 0 Å². The Morgan fingerprint density at radius 2 is 1.88 bits per heavy atom. The molecule has 1 saturated heterocycles. The van der Waals surface area contributed by atoms with Crippen LogP contribution in [0, 0.1) is 5.82 Å². The molecular formula is C17H13Cl3FNO3. The van der Waals surface area contributed by atoms with E-state index in [1.54, 1.807) is 12.1 Å². The van der Waals surface area contributed by atoms with Gasteiger partial charge in [-0.05, 0) is 23.8 Å². The van der Waals surface area contributed by atoms with Crippen molar-refractivity contribution in [2.24, 2.45) is 0 Å². The van der Waals surface area contributed by atoms with Crippen molar-refractivity contribution in [2.75, 3.05) is 19.7 Å². The smallest absolute Gasteiger partial charge is 0.259 e. The maximum atomic E-state index is 13.1. The summed E-state index contributed by atoms with van der Waals surface area (Å²) >= 11 is 17.9. The molecule has 8 heteroatoms. The van der Waals surface area contributed by atoms with Crippen molar-refractivity contribution in [3.63, 3.8) is 0 Å². The Labute approximate surface area is 158 Å². The van der Waals surface area contributed by atoms with Gasteiger partial charge >= 0.3 is 0 Å². The summed E-state index contributed by atoms with van der Waals surface area (Å²) in [6.07, 6.45) is -0.408. The van der Waals surface area contributed by atoms with Crippen LogP contribution >= 0.6 is 34.8 Å². The first-order valence-corrected chi connectivity index (χ1v) is 8.54. The first kappa shape index (κ1) is 18.3. The molecule has 1 unspecified atom stereocenters. The van der Waals surface area contributed by atoms with Gasteiger partial charge in [-0.2, -0.15) is 0 Å². The Kier molecular flexibility index (Phi) is 5.39. The lowest BCUT2D eigenvalue weighted by atomic mass is 10.1. The summed E-state index contributed by atoms with van der Waals surface area (Å²) in [4.78, 5) is 14.3. The molecule has 132 valence electrons. The van der Waals surface area contributed by atoms with E-state index >= 15 is 0 Å². The average Bonchev–Trinajstić information content (AvgIpc) is 2.61. The number of hydrogen-bond acceptors (Lipinski definition) is 3. The van der Waals surface area contributed by atoms with Crippen LogP contribution in [0.15, 0.2) is 30.3 Å². The Bertz CT molecular complexity index is 788. The van der Waals surface area contributed by atoms with Crippen LogP contribution in [-0.4, -0.2) is 35.6 Å². The number of benzene rings is 2. The van der Waals surface area contributed by atoms with Crippen LogP contribution in [0.3, 0.4) is 0 Å². The van der Waals surface area contributed by atoms with E-state index in [4.69, 9.17) is 39.5 Å². The van der Waals surface area contributed by atoms with Crippen LogP contribution in [-0.2, 0) is 4.74 Å². The van der Waals surface area contributed by atoms with Gasteiger partial charge in [0.1, 0.15) is 23.2 Å². The molecule has 1 heterocycles. The SMILES string of the molecule is O=C(c1c(O)c(Cl)cc(Cl)c1Cl)N1CCOC(c2ccc(F)cc2)C1. The van der Waals surface area contributed by atoms with E-state index < -0.39 is 17.8 Å². The van der Waals surface area contributed by atoms with Gasteiger partial charge in [-0.25, -0.2) is 4.39 Å². The Balaban J connectivity index is 1.87. The van der Waals surface area contributed by atoms with Crippen molar-refractivity contribution < 1.29 is 19.0 Å². The fourth-order valence-corrected chi connectivity index (χ4v) is 3.34. The molecule has 1 amide bonds. The first-order chi connectivity index (χ1) is 11.9. The third-order valence-corrected chi connectivity index (χ3v) is 5.03. The maximum absolute atomic E-state index is 13.1. The van der Waals surface area contributed by atoms with Crippen LogP contribution in [0.2, 0.25) is 15.1 Å². The molecule has 1 atom stereocenters. The van der Waals surface area contributed by atoms with E-state index in [2.05, 4.69) is 0 Å². The van der Waals surface area contributed by atoms with E-state index in [-0.39, 0.29) is 33.0 Å². The van der Waals surface area contributed by atoms with E-state index in [0.29, 0.717) is 13.2 Å². The van der Waals surface area contributed by atoms with E-state index in [1.807, 2.05) is 0 Å². The molecule has 0 aromatic heterocycles. The number of amides is 1. The number of carbonyl (C=O) groups is 1. The number of ether oxygens (including phenoxy) is 1. The molecule has 0 aliphatic carbocycles. The minimum atomic E-state index is -0.498. The molecule has 0 radical (unpaired) electrons. The van der Waals surface area contributed by atoms with Gasteiger partial charge in [0.05, 0.1) is 28.2 Å². The lowest BCUT2D eigenvalue weighted by molar-refractivity contribution is -0.0229. The van der Waals surface area contributed by atoms with Crippen molar-refractivity contribution in [3.8, 4) is 5.75 Å². The van der Waals surface area contributed by atoms with Crippen molar-refractivity contribution in [1.82, 2.24) is 4.90 Å². The molecule has 3 rings (SSSR count). The van der Waals surface area contributed by atoms with Gasteiger partial charge in [0, 0.05) is 6.54 Å². The first-order valence-electron chi connectivity index (χ1n) is 7.41. The van der Waals surface area contributed by atoms with Crippen molar-refractivity contribution in [1.29, 1.82) is 0 Å². The van der Waals surface area contributed by atoms with E-state index in [1.165, 1.54) is 23.1 Å². The summed E-state index contributed by atoms with van der Waals surface area (Å²) in [5.41, 5.74) is 0.609. The number of carbonyl (C=O) groups excluding carboxylic acids is 1. The quantitative estimate of drug-likeness (QED) is 0.738. The second-order valence-electron chi connectivity index (χ2n) is 5.54. The minimum absolute atomic E-state index is 0.0545. The number of nitrogens with zero attached hydrogens (tertiary/aromatic N) is 1. The van der Waals surface area contributed by atoms with Crippen molar-refractivity contribution in [3.05, 3.63) is 62.3 Å². The van der Waals surface area contributed by atoms with Crippen molar-refractivity contribution in [2.45, 2.75) is 6.10 Å². The number of phenolic OH excluding ortho intramolecular Hbond substituents is 1. The molecule has 1 fully saturated rings. The topological polar surface area (TPSA) is 49.8 Å². The summed E-state index contributed by atoms with van der Waals surface area (Å²) in [6.45, 7) is 0.835. The minimum Gasteiger partial charge on any atom is -0.505 e. The predicted molar refractivity (Wildman–Crippen MR) is 94.1 cm³/mol. The zero-order valence-corrected chi connectivity index (χ0v) is 15.1. The van der Waals surface area contributed by atoms with Gasteiger partial charge in [-0.3, -0.25) is 4.79 Å². The molecule has 4 nitrogen and oxygen atoms in total. The Morgan fingerprint density at radius 1 is 1.20 bits per heavy atom. The fourth-order valence-electron chi connectivity index (χ4n) is 2.65. The average molecular weight is 405 g/mol. The van der Waals surface area contributed by atoms with Gasteiger partial charge in [0.2, 0.25) is 0 Å². The largest absolute Gasteiger partial charge is 0.505 e. The number of aromatic hydroxyl groups is 1. The molecule has 2 aromatic rings. The lowest BCUT2D eigenvalue weighted by Gasteiger charge is -2.33. The van der Waals surface area contributed by atoms with Gasteiger partial charge in [-0.15, -0.1) is 0 Å². The molecule has 2 aromatic carbocycles. The second-order valence-corrected chi connectivity index (χ2v) is 6.73. The second kappa shape index (κ2) is 7.38. The summed E-state index contributed by atoms with van der Waals surface area (Å²) in [7, 11) is 0. The van der Waals surface area contributed by atoms with Gasteiger partial charge < -0.3 is 14.7 Å². The van der Waals surface area contributed by atoms with Crippen LogP contribution < -0.4 is 0 Å². The number of rotatable bonds is 2. The zero-order chi connectivity index (χ0) is 18.1. The molecule has 1 aliphatic heterocycles. The van der Waals surface area contributed by atoms with Crippen LogP contribution in [0.25, 0.3) is 0 Å². The van der Waals surface area contributed by atoms with Crippen LogP contribution in [0.1, 0.15) is 22.0 Å². The third kappa shape index (κ3) is 3.70. The third-order valence-electron chi connectivity index (χ3n) is 3.95.